The van der Waals surface area contributed by atoms with Crippen molar-refractivity contribution in [2.24, 2.45) is 17.8 Å². The van der Waals surface area contributed by atoms with Crippen molar-refractivity contribution < 1.29 is 9.59 Å². The van der Waals surface area contributed by atoms with Gasteiger partial charge in [-0.3, -0.25) is 9.59 Å². The van der Waals surface area contributed by atoms with E-state index in [1.165, 1.54) is 88.2 Å². The van der Waals surface area contributed by atoms with E-state index in [9.17, 15) is 9.59 Å². The average molecular weight is 715 g/mol. The Labute approximate surface area is 315 Å². The summed E-state index contributed by atoms with van der Waals surface area (Å²) < 4.78 is 0. The van der Waals surface area contributed by atoms with Crippen LogP contribution in [-0.2, 0) is 5.41 Å². The zero-order valence-electron chi connectivity index (χ0n) is 31.0. The summed E-state index contributed by atoms with van der Waals surface area (Å²) in [5.41, 5.74) is 4.86. The molecule has 4 heteroatoms. The molecule has 0 amide bonds. The highest BCUT2D eigenvalue weighted by Gasteiger charge is 2.34. The number of benzene rings is 4. The minimum absolute atomic E-state index is 0.0633. The number of hydrogen-bond acceptors (Lipinski definition) is 4. The molecule has 0 N–H and O–H groups in total. The smallest absolute Gasteiger partial charge is 0.195 e. The third-order valence-corrected chi connectivity index (χ3v) is 14.2. The van der Waals surface area contributed by atoms with Gasteiger partial charge >= 0.3 is 0 Å². The van der Waals surface area contributed by atoms with E-state index in [0.29, 0.717) is 28.2 Å². The average Bonchev–Trinajstić information content (AvgIpc) is 3.14. The number of hydrogen-bond donors (Lipinski definition) is 0. The van der Waals surface area contributed by atoms with Crippen LogP contribution in [0.1, 0.15) is 154 Å². The van der Waals surface area contributed by atoms with Gasteiger partial charge in [-0.1, -0.05) is 138 Å². The minimum atomic E-state index is -0.0672. The molecule has 4 aromatic rings. The van der Waals surface area contributed by atoms with Crippen LogP contribution in [0.4, 0.5) is 0 Å². The Morgan fingerprint density at radius 3 is 1.57 bits per heavy atom. The van der Waals surface area contributed by atoms with Gasteiger partial charge in [-0.15, -0.1) is 0 Å². The first-order valence-corrected chi connectivity index (χ1v) is 21.2. The van der Waals surface area contributed by atoms with Crippen LogP contribution in [0.2, 0.25) is 0 Å². The zero-order valence-corrected chi connectivity index (χ0v) is 32.6. The number of unbranched alkanes of at least 4 members (excludes halogenated alkanes) is 2. The predicted molar refractivity (Wildman–Crippen MR) is 214 cm³/mol. The Kier molecular flexibility index (Phi) is 11.3. The van der Waals surface area contributed by atoms with Gasteiger partial charge in [-0.25, -0.2) is 0 Å². The van der Waals surface area contributed by atoms with Crippen molar-refractivity contribution in [2.75, 3.05) is 0 Å². The molecule has 4 aromatic carbocycles. The molecule has 266 valence electrons. The van der Waals surface area contributed by atoms with Gasteiger partial charge in [-0.05, 0) is 115 Å². The highest BCUT2D eigenvalue weighted by molar-refractivity contribution is 7.99. The van der Waals surface area contributed by atoms with Gasteiger partial charge in [0.2, 0.25) is 0 Å². The Hall–Kier alpha value is -3.08. The van der Waals surface area contributed by atoms with Crippen LogP contribution >= 0.6 is 23.5 Å². The summed E-state index contributed by atoms with van der Waals surface area (Å²) in [5, 5.41) is 0. The Morgan fingerprint density at radius 2 is 1.08 bits per heavy atom. The number of rotatable bonds is 10. The molecule has 0 radical (unpaired) electrons. The number of fused-ring (bicyclic) bond motifs is 2. The molecular formula is C47H54O2S2. The molecule has 51 heavy (non-hydrogen) atoms. The Balaban J connectivity index is 0.994. The Morgan fingerprint density at radius 1 is 0.588 bits per heavy atom. The molecular weight excluding hydrogens is 661 g/mol. The maximum atomic E-state index is 14.1. The van der Waals surface area contributed by atoms with Crippen LogP contribution < -0.4 is 0 Å². The fourth-order valence-corrected chi connectivity index (χ4v) is 10.9. The van der Waals surface area contributed by atoms with Crippen LogP contribution in [0, 0.1) is 17.8 Å². The SMILES string of the molecule is CCCCCC1CCC(C2CCC(c3ccc(Sc4cccc5c4C(=O)c4cccc(Sc6ccc(C(C)(C)C)cc6)c4C5=O)cc3)CC2)CC1. The summed E-state index contributed by atoms with van der Waals surface area (Å²) in [7, 11) is 0. The molecule has 0 aliphatic heterocycles. The monoisotopic (exact) mass is 714 g/mol. The molecule has 3 aliphatic carbocycles. The summed E-state index contributed by atoms with van der Waals surface area (Å²) in [6.07, 6.45) is 16.9. The first kappa shape index (κ1) is 36.3. The lowest BCUT2D eigenvalue weighted by atomic mass is 9.68. The van der Waals surface area contributed by atoms with Crippen LogP contribution in [0.5, 0.6) is 0 Å². The number of ketones is 2. The lowest BCUT2D eigenvalue weighted by Crippen LogP contribution is -2.25. The molecule has 0 saturated heterocycles. The fraction of sp³-hybridized carbons (Fsp3) is 0.447. The van der Waals surface area contributed by atoms with Crippen molar-refractivity contribution in [3.63, 3.8) is 0 Å². The van der Waals surface area contributed by atoms with Crippen LogP contribution in [0.15, 0.2) is 105 Å². The van der Waals surface area contributed by atoms with E-state index in [2.05, 4.69) is 76.2 Å². The van der Waals surface area contributed by atoms with Crippen molar-refractivity contribution in [3.8, 4) is 0 Å². The first-order chi connectivity index (χ1) is 24.7. The number of carbonyl (C=O) groups is 2. The van der Waals surface area contributed by atoms with Crippen LogP contribution in [0.3, 0.4) is 0 Å². The van der Waals surface area contributed by atoms with Crippen molar-refractivity contribution in [3.05, 3.63) is 118 Å². The largest absolute Gasteiger partial charge is 0.289 e. The van der Waals surface area contributed by atoms with E-state index in [1.54, 1.807) is 23.5 Å². The van der Waals surface area contributed by atoms with E-state index in [-0.39, 0.29) is 17.0 Å². The van der Waals surface area contributed by atoms with Crippen molar-refractivity contribution >= 4 is 35.1 Å². The standard InChI is InChI=1S/C47H54O2S2/c1-5-6-7-10-31-15-17-32(18-16-31)33-19-21-34(22-20-33)35-23-27-37(28-24-35)50-41-13-8-11-39-43(41)45(48)40-12-9-14-42(44(40)46(39)49)51-38-29-25-36(26-30-38)47(2,3)4/h8-9,11-14,23-34H,5-7,10,15-22H2,1-4H3. The maximum Gasteiger partial charge on any atom is 0.195 e. The molecule has 0 unspecified atom stereocenters. The highest BCUT2D eigenvalue weighted by Crippen LogP contribution is 2.46. The second kappa shape index (κ2) is 15.9. The van der Waals surface area contributed by atoms with Crippen molar-refractivity contribution in [2.45, 2.75) is 136 Å². The highest BCUT2D eigenvalue weighted by atomic mass is 32.2. The molecule has 2 fully saturated rings. The van der Waals surface area contributed by atoms with E-state index in [1.807, 2.05) is 36.4 Å². The lowest BCUT2D eigenvalue weighted by Gasteiger charge is -2.38. The normalized spacial score (nSPS) is 22.0. The van der Waals surface area contributed by atoms with Crippen LogP contribution in [-0.4, -0.2) is 11.6 Å². The van der Waals surface area contributed by atoms with E-state index >= 15 is 0 Å². The molecule has 0 aromatic heterocycles. The predicted octanol–water partition coefficient (Wildman–Crippen LogP) is 13.7. The third kappa shape index (κ3) is 8.13. The summed E-state index contributed by atoms with van der Waals surface area (Å²) in [6.45, 7) is 8.93. The fourth-order valence-electron chi connectivity index (χ4n) is 8.99. The topological polar surface area (TPSA) is 34.1 Å². The van der Waals surface area contributed by atoms with Gasteiger partial charge in [0.05, 0.1) is 0 Å². The molecule has 7 rings (SSSR count). The Bertz CT molecular complexity index is 1830. The van der Waals surface area contributed by atoms with Gasteiger partial charge in [0.1, 0.15) is 0 Å². The van der Waals surface area contributed by atoms with E-state index in [4.69, 9.17) is 0 Å². The maximum absolute atomic E-state index is 14.1. The van der Waals surface area contributed by atoms with Gasteiger partial charge in [0, 0.05) is 41.8 Å². The molecule has 0 spiro atoms. The molecule has 3 aliphatic rings. The molecule has 2 nitrogen and oxygen atoms in total. The zero-order chi connectivity index (χ0) is 35.5. The first-order valence-electron chi connectivity index (χ1n) is 19.6. The van der Waals surface area contributed by atoms with Gasteiger partial charge in [0.25, 0.3) is 0 Å². The van der Waals surface area contributed by atoms with Crippen LogP contribution in [0.25, 0.3) is 0 Å². The molecule has 0 heterocycles. The molecule has 2 saturated carbocycles. The quantitative estimate of drug-likeness (QED) is 0.135. The third-order valence-electron chi connectivity index (χ3n) is 12.1. The van der Waals surface area contributed by atoms with Crippen molar-refractivity contribution in [1.29, 1.82) is 0 Å². The summed E-state index contributed by atoms with van der Waals surface area (Å²) in [6, 6.07) is 29.0. The van der Waals surface area contributed by atoms with Gasteiger partial charge in [0.15, 0.2) is 11.6 Å². The van der Waals surface area contributed by atoms with Gasteiger partial charge < -0.3 is 0 Å². The number of carbonyl (C=O) groups excluding carboxylic acids is 2. The second-order valence-electron chi connectivity index (χ2n) is 16.5. The summed E-state index contributed by atoms with van der Waals surface area (Å²) in [5.74, 6) is 3.40. The second-order valence-corrected chi connectivity index (χ2v) is 18.7. The van der Waals surface area contributed by atoms with E-state index < -0.39 is 0 Å². The van der Waals surface area contributed by atoms with Crippen molar-refractivity contribution in [1.82, 2.24) is 0 Å². The molecule has 0 atom stereocenters. The van der Waals surface area contributed by atoms with Gasteiger partial charge in [-0.2, -0.15) is 0 Å². The lowest BCUT2D eigenvalue weighted by molar-refractivity contribution is 0.0974. The summed E-state index contributed by atoms with van der Waals surface area (Å²) >= 11 is 3.15. The molecule has 0 bridgehead atoms. The van der Waals surface area contributed by atoms with E-state index in [0.717, 1.165) is 37.3 Å². The summed E-state index contributed by atoms with van der Waals surface area (Å²) in [4.78, 5) is 32.0. The minimum Gasteiger partial charge on any atom is -0.289 e.